The van der Waals surface area contributed by atoms with Gasteiger partial charge in [0.05, 0.1) is 11.6 Å². The number of hydrogen-bond donors (Lipinski definition) is 3. The molecule has 3 amide bonds. The first-order valence-corrected chi connectivity index (χ1v) is 8.68. The maximum absolute atomic E-state index is 14.6. The molecule has 2 rings (SSSR count). The lowest BCUT2D eigenvalue weighted by atomic mass is 9.96. The average molecular weight is 431 g/mol. The molecule has 0 radical (unpaired) electrons. The molecule has 11 heteroatoms. The number of carboxylic acid groups (broad SMARTS) is 1. The molecule has 162 valence electrons. The van der Waals surface area contributed by atoms with Gasteiger partial charge >= 0.3 is 18.3 Å². The van der Waals surface area contributed by atoms with Gasteiger partial charge in [0.15, 0.2) is 0 Å². The summed E-state index contributed by atoms with van der Waals surface area (Å²) in [7, 11) is 0. The smallest absolute Gasteiger partial charge is 0.423 e. The maximum atomic E-state index is 14.6. The molecule has 2 aromatic carbocycles. The number of halogens is 5. The number of nitrogens with one attached hydrogen (secondary N) is 2. The van der Waals surface area contributed by atoms with Crippen LogP contribution in [0.1, 0.15) is 31.0 Å². The monoisotopic (exact) mass is 431 g/mol. The van der Waals surface area contributed by atoms with Gasteiger partial charge in [-0.25, -0.2) is 28.8 Å². The van der Waals surface area contributed by atoms with Crippen LogP contribution in [0.4, 0.5) is 31.5 Å². The first-order chi connectivity index (χ1) is 14.0. The van der Waals surface area contributed by atoms with Crippen molar-refractivity contribution >= 4 is 12.1 Å². The Bertz CT molecular complexity index is 949. The van der Waals surface area contributed by atoms with Gasteiger partial charge in [0.25, 0.3) is 0 Å². The SMILES string of the molecule is CCN(NC(=O)O)C(=O)NC(C)c1ccc(-c2cccc(F)c2C(F)(F)F)cc1F. The number of alkyl halides is 3. The molecule has 0 aliphatic rings. The molecule has 1 unspecified atom stereocenters. The van der Waals surface area contributed by atoms with E-state index in [1.165, 1.54) is 26.0 Å². The fourth-order valence-electron chi connectivity index (χ4n) is 2.83. The predicted octanol–water partition coefficient (Wildman–Crippen LogP) is 4.93. The lowest BCUT2D eigenvalue weighted by molar-refractivity contribution is -0.139. The molecule has 0 fully saturated rings. The van der Waals surface area contributed by atoms with E-state index in [0.29, 0.717) is 6.07 Å². The van der Waals surface area contributed by atoms with E-state index < -0.39 is 47.1 Å². The Kier molecular flexibility index (Phi) is 6.85. The highest BCUT2D eigenvalue weighted by Gasteiger charge is 2.37. The number of hydrazine groups is 1. The molecule has 1 atom stereocenters. The third-order valence-corrected chi connectivity index (χ3v) is 4.21. The van der Waals surface area contributed by atoms with Crippen LogP contribution in [-0.4, -0.2) is 28.8 Å². The second-order valence-corrected chi connectivity index (χ2v) is 6.23. The summed E-state index contributed by atoms with van der Waals surface area (Å²) in [6.45, 7) is 2.91. The summed E-state index contributed by atoms with van der Waals surface area (Å²) < 4.78 is 68.0. The van der Waals surface area contributed by atoms with Gasteiger partial charge in [0.2, 0.25) is 0 Å². The van der Waals surface area contributed by atoms with E-state index in [2.05, 4.69) is 5.32 Å². The van der Waals surface area contributed by atoms with Crippen molar-refractivity contribution in [3.05, 3.63) is 59.2 Å². The molecule has 2 aromatic rings. The van der Waals surface area contributed by atoms with Crippen LogP contribution < -0.4 is 10.7 Å². The summed E-state index contributed by atoms with van der Waals surface area (Å²) in [5.74, 6) is -2.40. The standard InChI is InChI=1S/C19H18F5N3O3/c1-3-27(26-18(29)30)17(28)25-10(2)12-8-7-11(9-15(12)21)13-5-4-6-14(20)16(13)19(22,23)24/h4-10,26H,3H2,1-2H3,(H,25,28)(H,29,30). The van der Waals surface area contributed by atoms with Gasteiger partial charge in [-0.1, -0.05) is 24.3 Å². The van der Waals surface area contributed by atoms with Crippen LogP contribution in [0.5, 0.6) is 0 Å². The van der Waals surface area contributed by atoms with Crippen molar-refractivity contribution in [2.24, 2.45) is 0 Å². The van der Waals surface area contributed by atoms with Crippen LogP contribution in [0.25, 0.3) is 11.1 Å². The van der Waals surface area contributed by atoms with Crippen molar-refractivity contribution in [1.29, 1.82) is 0 Å². The largest absolute Gasteiger partial charge is 0.464 e. The van der Waals surface area contributed by atoms with Crippen molar-refractivity contribution in [2.45, 2.75) is 26.1 Å². The number of amides is 3. The Hall–Kier alpha value is -3.37. The van der Waals surface area contributed by atoms with Crippen LogP contribution in [0.2, 0.25) is 0 Å². The lowest BCUT2D eigenvalue weighted by Gasteiger charge is -2.23. The molecule has 30 heavy (non-hydrogen) atoms. The Balaban J connectivity index is 2.31. The number of urea groups is 1. The molecule has 0 spiro atoms. The molecule has 0 bridgehead atoms. The summed E-state index contributed by atoms with van der Waals surface area (Å²) >= 11 is 0. The number of rotatable bonds is 4. The van der Waals surface area contributed by atoms with Crippen LogP contribution >= 0.6 is 0 Å². The van der Waals surface area contributed by atoms with Crippen LogP contribution in [0.15, 0.2) is 36.4 Å². The first-order valence-electron chi connectivity index (χ1n) is 8.68. The molecular weight excluding hydrogens is 413 g/mol. The average Bonchev–Trinajstić information content (AvgIpc) is 2.64. The molecule has 0 saturated carbocycles. The molecule has 0 heterocycles. The number of hydrogen-bond acceptors (Lipinski definition) is 2. The Morgan fingerprint density at radius 1 is 1.13 bits per heavy atom. The van der Waals surface area contributed by atoms with E-state index in [1.54, 1.807) is 0 Å². The van der Waals surface area contributed by atoms with E-state index >= 15 is 0 Å². The predicted molar refractivity (Wildman–Crippen MR) is 97.3 cm³/mol. The third kappa shape index (κ3) is 5.16. The van der Waals surface area contributed by atoms with Gasteiger partial charge in [0, 0.05) is 12.1 Å². The minimum absolute atomic E-state index is 0.00787. The van der Waals surface area contributed by atoms with E-state index in [9.17, 15) is 31.5 Å². The molecule has 0 aliphatic heterocycles. The van der Waals surface area contributed by atoms with Gasteiger partial charge in [-0.15, -0.1) is 0 Å². The number of carbonyl (C=O) groups excluding carboxylic acids is 1. The Morgan fingerprint density at radius 2 is 1.80 bits per heavy atom. The maximum Gasteiger partial charge on any atom is 0.423 e. The highest BCUT2D eigenvalue weighted by Crippen LogP contribution is 2.39. The van der Waals surface area contributed by atoms with E-state index in [1.807, 2.05) is 5.43 Å². The molecule has 0 aromatic heterocycles. The van der Waals surface area contributed by atoms with Gasteiger partial charge in [-0.05, 0) is 37.1 Å². The van der Waals surface area contributed by atoms with Gasteiger partial charge < -0.3 is 10.4 Å². The van der Waals surface area contributed by atoms with Gasteiger partial charge in [-0.2, -0.15) is 13.2 Å². The summed E-state index contributed by atoms with van der Waals surface area (Å²) in [4.78, 5) is 22.8. The summed E-state index contributed by atoms with van der Waals surface area (Å²) in [5, 5.41) is 11.8. The van der Waals surface area contributed by atoms with Gasteiger partial charge in [-0.3, -0.25) is 0 Å². The van der Waals surface area contributed by atoms with Gasteiger partial charge in [0.1, 0.15) is 11.6 Å². The minimum atomic E-state index is -4.97. The highest BCUT2D eigenvalue weighted by atomic mass is 19.4. The van der Waals surface area contributed by atoms with Crippen molar-refractivity contribution in [1.82, 2.24) is 15.8 Å². The topological polar surface area (TPSA) is 81.7 Å². The number of carbonyl (C=O) groups is 2. The Labute approximate surface area is 168 Å². The second-order valence-electron chi connectivity index (χ2n) is 6.23. The van der Waals surface area contributed by atoms with Crippen molar-refractivity contribution < 1.29 is 36.6 Å². The summed E-state index contributed by atoms with van der Waals surface area (Å²) in [6.07, 6.45) is -6.44. The van der Waals surface area contributed by atoms with Crippen LogP contribution in [0, 0.1) is 11.6 Å². The zero-order valence-electron chi connectivity index (χ0n) is 15.8. The van der Waals surface area contributed by atoms with E-state index in [0.717, 1.165) is 23.2 Å². The molecule has 0 saturated heterocycles. The molecule has 3 N–H and O–H groups in total. The van der Waals surface area contributed by atoms with Crippen LogP contribution in [0.3, 0.4) is 0 Å². The Morgan fingerprint density at radius 3 is 2.33 bits per heavy atom. The van der Waals surface area contributed by atoms with E-state index in [-0.39, 0.29) is 17.7 Å². The first kappa shape index (κ1) is 22.9. The van der Waals surface area contributed by atoms with E-state index in [4.69, 9.17) is 5.11 Å². The third-order valence-electron chi connectivity index (χ3n) is 4.21. The van der Waals surface area contributed by atoms with Crippen molar-refractivity contribution in [3.63, 3.8) is 0 Å². The van der Waals surface area contributed by atoms with Crippen molar-refractivity contribution in [3.8, 4) is 11.1 Å². The zero-order valence-corrected chi connectivity index (χ0v) is 15.8. The van der Waals surface area contributed by atoms with Crippen molar-refractivity contribution in [2.75, 3.05) is 6.54 Å². The molecule has 6 nitrogen and oxygen atoms in total. The number of benzene rings is 2. The highest BCUT2D eigenvalue weighted by molar-refractivity contribution is 5.77. The lowest BCUT2D eigenvalue weighted by Crippen LogP contribution is -2.50. The minimum Gasteiger partial charge on any atom is -0.464 e. The fraction of sp³-hybridized carbons (Fsp3) is 0.263. The fourth-order valence-corrected chi connectivity index (χ4v) is 2.83. The molecular formula is C19H18F5N3O3. The number of nitrogens with zero attached hydrogens (tertiary/aromatic N) is 1. The molecule has 0 aliphatic carbocycles. The second kappa shape index (κ2) is 8.97. The van der Waals surface area contributed by atoms with Crippen LogP contribution in [-0.2, 0) is 6.18 Å². The zero-order chi connectivity index (χ0) is 22.6. The summed E-state index contributed by atoms with van der Waals surface area (Å²) in [5.41, 5.74) is -0.408. The quantitative estimate of drug-likeness (QED) is 0.475. The normalized spacial score (nSPS) is 12.2. The summed E-state index contributed by atoms with van der Waals surface area (Å²) in [6, 6.07) is 4.16.